The lowest BCUT2D eigenvalue weighted by molar-refractivity contribution is -0.125. The van der Waals surface area contributed by atoms with Gasteiger partial charge in [-0.2, -0.15) is 0 Å². The van der Waals surface area contributed by atoms with Crippen LogP contribution in [0.4, 0.5) is 0 Å². The Hall–Kier alpha value is -1.36. The number of sulfonamides is 1. The highest BCUT2D eigenvalue weighted by molar-refractivity contribution is 7.89. The van der Waals surface area contributed by atoms with Crippen molar-refractivity contribution in [2.24, 2.45) is 0 Å². The molecule has 0 radical (unpaired) electrons. The van der Waals surface area contributed by atoms with Crippen molar-refractivity contribution in [3.63, 3.8) is 0 Å². The Labute approximate surface area is 88.6 Å². The molecule has 0 fully saturated rings. The lowest BCUT2D eigenvalue weighted by Crippen LogP contribution is -2.38. The highest BCUT2D eigenvalue weighted by Gasteiger charge is 2.33. The maximum Gasteiger partial charge on any atom is 0.266 e. The Kier molecular flexibility index (Phi) is 2.08. The van der Waals surface area contributed by atoms with Crippen LogP contribution >= 0.6 is 0 Å². The van der Waals surface area contributed by atoms with Crippen LogP contribution in [0.5, 0.6) is 0 Å². The van der Waals surface area contributed by atoms with Crippen molar-refractivity contribution in [2.75, 3.05) is 7.05 Å². The minimum absolute atomic E-state index is 0.158. The van der Waals surface area contributed by atoms with E-state index in [9.17, 15) is 13.2 Å². The van der Waals surface area contributed by atoms with Crippen LogP contribution in [0.1, 0.15) is 11.1 Å². The van der Waals surface area contributed by atoms with Gasteiger partial charge in [0.1, 0.15) is 0 Å². The topological polar surface area (TPSA) is 54.5 Å². The quantitative estimate of drug-likeness (QED) is 0.653. The second kappa shape index (κ2) is 3.06. The van der Waals surface area contributed by atoms with Gasteiger partial charge in [-0.05, 0) is 24.1 Å². The van der Waals surface area contributed by atoms with Crippen molar-refractivity contribution >= 4 is 15.9 Å². The highest BCUT2D eigenvalue weighted by Crippen LogP contribution is 2.26. The van der Waals surface area contributed by atoms with Gasteiger partial charge in [-0.25, -0.2) is 12.7 Å². The maximum absolute atomic E-state index is 11.9. The van der Waals surface area contributed by atoms with Crippen LogP contribution in [0.25, 0.3) is 0 Å². The van der Waals surface area contributed by atoms with Crippen LogP contribution in [0, 0.1) is 6.92 Å². The van der Waals surface area contributed by atoms with E-state index in [2.05, 4.69) is 0 Å². The SMILES string of the molecule is Cc1ccc2c(c1)S(=O)(=O)N(C)C(=O)C2. The molecule has 80 valence electrons. The first kappa shape index (κ1) is 10.2. The summed E-state index contributed by atoms with van der Waals surface area (Å²) >= 11 is 0. The molecule has 1 aliphatic rings. The van der Waals surface area contributed by atoms with Gasteiger partial charge in [0.25, 0.3) is 10.0 Å². The molecule has 0 aromatic heterocycles. The third kappa shape index (κ3) is 1.43. The summed E-state index contributed by atoms with van der Waals surface area (Å²) in [5.74, 6) is -0.383. The summed E-state index contributed by atoms with van der Waals surface area (Å²) in [5.41, 5.74) is 1.46. The fourth-order valence-electron chi connectivity index (χ4n) is 1.60. The molecule has 0 spiro atoms. The van der Waals surface area contributed by atoms with Gasteiger partial charge < -0.3 is 0 Å². The van der Waals surface area contributed by atoms with Crippen molar-refractivity contribution in [2.45, 2.75) is 18.2 Å². The van der Waals surface area contributed by atoms with Crippen molar-refractivity contribution in [1.29, 1.82) is 0 Å². The standard InChI is InChI=1S/C10H11NO3S/c1-7-3-4-8-6-10(12)11(2)15(13,14)9(8)5-7/h3-5H,6H2,1-2H3. The number of carbonyl (C=O) groups is 1. The lowest BCUT2D eigenvalue weighted by Gasteiger charge is -2.24. The molecule has 0 aliphatic carbocycles. The smallest absolute Gasteiger partial charge is 0.266 e. The van der Waals surface area contributed by atoms with Crippen LogP contribution in [-0.4, -0.2) is 25.7 Å². The molecule has 1 aromatic carbocycles. The Morgan fingerprint density at radius 2 is 2.00 bits per heavy atom. The van der Waals surface area contributed by atoms with Crippen molar-refractivity contribution in [3.8, 4) is 0 Å². The molecule has 15 heavy (non-hydrogen) atoms. The van der Waals surface area contributed by atoms with E-state index in [1.165, 1.54) is 7.05 Å². The highest BCUT2D eigenvalue weighted by atomic mass is 32.2. The Morgan fingerprint density at radius 3 is 2.67 bits per heavy atom. The van der Waals surface area contributed by atoms with Crippen molar-refractivity contribution in [1.82, 2.24) is 4.31 Å². The van der Waals surface area contributed by atoms with Crippen LogP contribution in [-0.2, 0) is 21.2 Å². The third-order valence-corrected chi connectivity index (χ3v) is 4.41. The number of hydrogen-bond donors (Lipinski definition) is 0. The molecule has 1 aliphatic heterocycles. The Bertz CT molecular complexity index is 534. The molecule has 4 nitrogen and oxygen atoms in total. The zero-order valence-electron chi connectivity index (χ0n) is 8.52. The molecule has 2 rings (SSSR count). The van der Waals surface area contributed by atoms with E-state index in [0.29, 0.717) is 5.56 Å². The van der Waals surface area contributed by atoms with Crippen LogP contribution in [0.2, 0.25) is 0 Å². The zero-order chi connectivity index (χ0) is 11.2. The molecule has 0 atom stereocenters. The van der Waals surface area contributed by atoms with Gasteiger partial charge in [0.05, 0.1) is 11.3 Å². The average Bonchev–Trinajstić information content (AvgIpc) is 2.17. The monoisotopic (exact) mass is 225 g/mol. The second-order valence-electron chi connectivity index (χ2n) is 3.65. The molecule has 1 aromatic rings. The van der Waals surface area contributed by atoms with Gasteiger partial charge in [-0.3, -0.25) is 4.79 Å². The minimum Gasteiger partial charge on any atom is -0.273 e. The van der Waals surface area contributed by atoms with Crippen molar-refractivity contribution < 1.29 is 13.2 Å². The number of hydrogen-bond acceptors (Lipinski definition) is 3. The fourth-order valence-corrected chi connectivity index (χ4v) is 3.04. The summed E-state index contributed by atoms with van der Waals surface area (Å²) in [6.45, 7) is 1.83. The molecular weight excluding hydrogens is 214 g/mol. The number of nitrogens with zero attached hydrogens (tertiary/aromatic N) is 1. The largest absolute Gasteiger partial charge is 0.273 e. The average molecular weight is 225 g/mol. The fraction of sp³-hybridized carbons (Fsp3) is 0.300. The van der Waals surface area contributed by atoms with E-state index in [1.807, 2.05) is 13.0 Å². The summed E-state index contributed by atoms with van der Waals surface area (Å²) in [6.07, 6.45) is 0.158. The van der Waals surface area contributed by atoms with Gasteiger partial charge in [0.15, 0.2) is 0 Å². The zero-order valence-corrected chi connectivity index (χ0v) is 9.34. The van der Waals surface area contributed by atoms with E-state index in [4.69, 9.17) is 0 Å². The number of aryl methyl sites for hydroxylation is 1. The molecular formula is C10H11NO3S. The second-order valence-corrected chi connectivity index (χ2v) is 5.59. The molecule has 1 amide bonds. The Balaban J connectivity index is 2.73. The van der Waals surface area contributed by atoms with E-state index in [0.717, 1.165) is 9.87 Å². The molecule has 5 heteroatoms. The molecule has 0 unspecified atom stereocenters. The predicted molar refractivity (Wildman–Crippen MR) is 54.8 cm³/mol. The number of amides is 1. The predicted octanol–water partition coefficient (Wildman–Crippen LogP) is 0.698. The summed E-state index contributed by atoms with van der Waals surface area (Å²) in [4.78, 5) is 11.7. The first-order chi connectivity index (χ1) is 6.93. The molecule has 0 saturated heterocycles. The van der Waals surface area contributed by atoms with Gasteiger partial charge in [0, 0.05) is 7.05 Å². The van der Waals surface area contributed by atoms with E-state index < -0.39 is 10.0 Å². The van der Waals surface area contributed by atoms with Gasteiger partial charge >= 0.3 is 0 Å². The van der Waals surface area contributed by atoms with Crippen LogP contribution < -0.4 is 0 Å². The summed E-state index contributed by atoms with van der Waals surface area (Å²) in [7, 11) is -2.31. The van der Waals surface area contributed by atoms with Gasteiger partial charge in [-0.15, -0.1) is 0 Å². The molecule has 0 N–H and O–H groups in total. The number of benzene rings is 1. The Morgan fingerprint density at radius 1 is 1.33 bits per heavy atom. The summed E-state index contributed by atoms with van der Waals surface area (Å²) < 4.78 is 24.6. The maximum atomic E-state index is 11.9. The first-order valence-electron chi connectivity index (χ1n) is 4.54. The molecule has 0 bridgehead atoms. The van der Waals surface area contributed by atoms with E-state index in [1.54, 1.807) is 12.1 Å². The van der Waals surface area contributed by atoms with E-state index >= 15 is 0 Å². The number of fused-ring (bicyclic) bond motifs is 1. The number of carbonyl (C=O) groups excluding carboxylic acids is 1. The van der Waals surface area contributed by atoms with Gasteiger partial charge in [-0.1, -0.05) is 12.1 Å². The number of likely N-dealkylation sites (N-methyl/N-ethyl adjacent to an activating group) is 1. The van der Waals surface area contributed by atoms with Crippen LogP contribution in [0.15, 0.2) is 23.1 Å². The molecule has 0 saturated carbocycles. The summed E-state index contributed by atoms with van der Waals surface area (Å²) in [5, 5.41) is 0. The van der Waals surface area contributed by atoms with E-state index in [-0.39, 0.29) is 17.2 Å². The van der Waals surface area contributed by atoms with Crippen LogP contribution in [0.3, 0.4) is 0 Å². The number of rotatable bonds is 0. The third-order valence-electron chi connectivity index (χ3n) is 2.55. The summed E-state index contributed by atoms with van der Waals surface area (Å²) in [6, 6.07) is 5.12. The lowest BCUT2D eigenvalue weighted by atomic mass is 10.1. The van der Waals surface area contributed by atoms with Crippen molar-refractivity contribution in [3.05, 3.63) is 29.3 Å². The normalized spacial score (nSPS) is 18.8. The van der Waals surface area contributed by atoms with Gasteiger partial charge in [0.2, 0.25) is 5.91 Å². The molecule has 1 heterocycles. The first-order valence-corrected chi connectivity index (χ1v) is 5.98. The minimum atomic E-state index is -3.61.